The Morgan fingerprint density at radius 1 is 1.71 bits per heavy atom. The second-order valence-corrected chi connectivity index (χ2v) is 1.19. The Balaban J connectivity index is 0. The van der Waals surface area contributed by atoms with Crippen LogP contribution in [0.4, 0.5) is 0 Å². The Morgan fingerprint density at radius 3 is 2.14 bits per heavy atom. The number of carbonyl (C=O) groups excluding carboxylic acids is 1. The van der Waals surface area contributed by atoms with Crippen LogP contribution in [0.1, 0.15) is 6.42 Å². The van der Waals surface area contributed by atoms with Gasteiger partial charge in [0.05, 0.1) is 0 Å². The van der Waals surface area contributed by atoms with Crippen LogP contribution in [0.3, 0.4) is 0 Å². The smallest absolute Gasteiger partial charge is 0.550 e. The Morgan fingerprint density at radius 2 is 2.14 bits per heavy atom. The van der Waals surface area contributed by atoms with Crippen molar-refractivity contribution in [3.8, 4) is 0 Å². The minimum absolute atomic E-state index is 0. The average Bonchev–Trinajstić information content (AvgIpc) is 1.35. The molecule has 36 valence electrons. The Hall–Kier alpha value is 1.40. The third kappa shape index (κ3) is 11.1. The standard InChI is InChI=1S/C3H5ClO2.K/c4-2-1-3(5)6;/h1-2H2,(H,5,6);/q;+1/p-1. The van der Waals surface area contributed by atoms with Crippen LogP contribution in [0.15, 0.2) is 0 Å². The predicted molar refractivity (Wildman–Crippen MR) is 20.3 cm³/mol. The summed E-state index contributed by atoms with van der Waals surface area (Å²) in [6.07, 6.45) is -0.0540. The van der Waals surface area contributed by atoms with Crippen LogP contribution in [0.25, 0.3) is 0 Å². The van der Waals surface area contributed by atoms with Gasteiger partial charge in [-0.25, -0.2) is 0 Å². The number of hydrogen-bond donors (Lipinski definition) is 0. The Kier molecular flexibility index (Phi) is 11.9. The Bertz CT molecular complexity index is 56.9. The molecule has 0 aliphatic heterocycles. The summed E-state index contributed by atoms with van der Waals surface area (Å²) < 4.78 is 0. The normalized spacial score (nSPS) is 7.00. The summed E-state index contributed by atoms with van der Waals surface area (Å²) in [7, 11) is 0. The zero-order valence-electron chi connectivity index (χ0n) is 4.11. The third-order valence-electron chi connectivity index (χ3n) is 0.299. The summed E-state index contributed by atoms with van der Waals surface area (Å²) in [5.41, 5.74) is 0. The van der Waals surface area contributed by atoms with Crippen molar-refractivity contribution in [3.63, 3.8) is 0 Å². The zero-order chi connectivity index (χ0) is 4.99. The van der Waals surface area contributed by atoms with Gasteiger partial charge < -0.3 is 9.90 Å². The van der Waals surface area contributed by atoms with Gasteiger partial charge in [0, 0.05) is 18.3 Å². The van der Waals surface area contributed by atoms with E-state index in [1.54, 1.807) is 0 Å². The van der Waals surface area contributed by atoms with Gasteiger partial charge >= 0.3 is 51.4 Å². The number of rotatable bonds is 2. The van der Waals surface area contributed by atoms with Crippen LogP contribution < -0.4 is 56.5 Å². The largest absolute Gasteiger partial charge is 1.00 e. The van der Waals surface area contributed by atoms with Crippen molar-refractivity contribution in [2.75, 3.05) is 5.88 Å². The van der Waals surface area contributed by atoms with Gasteiger partial charge in [0.25, 0.3) is 0 Å². The molecule has 0 aliphatic rings. The summed E-state index contributed by atoms with van der Waals surface area (Å²) in [6, 6.07) is 0. The van der Waals surface area contributed by atoms with E-state index in [1.807, 2.05) is 0 Å². The minimum Gasteiger partial charge on any atom is -0.550 e. The second kappa shape index (κ2) is 7.40. The fourth-order valence-electron chi connectivity index (χ4n) is 0.0772. The Labute approximate surface area is 89.7 Å². The molecule has 0 aromatic rings. The molecule has 0 aliphatic carbocycles. The molecule has 0 aromatic carbocycles. The van der Waals surface area contributed by atoms with Crippen LogP contribution in [0, 0.1) is 0 Å². The average molecular weight is 147 g/mol. The third-order valence-corrected chi connectivity index (χ3v) is 0.488. The van der Waals surface area contributed by atoms with Crippen molar-refractivity contribution < 1.29 is 61.3 Å². The number of halogens is 1. The monoisotopic (exact) mass is 146 g/mol. The number of carboxylic acids is 1. The summed E-state index contributed by atoms with van der Waals surface area (Å²) in [5, 5.41) is 9.40. The maximum Gasteiger partial charge on any atom is 1.00 e. The summed E-state index contributed by atoms with van der Waals surface area (Å²) in [5.74, 6) is -0.951. The maximum absolute atomic E-state index is 9.40. The van der Waals surface area contributed by atoms with Gasteiger partial charge in [0.15, 0.2) is 0 Å². The molecule has 0 atom stereocenters. The number of aliphatic carboxylic acids is 1. The molecule has 0 spiro atoms. The van der Waals surface area contributed by atoms with Crippen LogP contribution in [0.2, 0.25) is 0 Å². The first-order valence-electron chi connectivity index (χ1n) is 1.53. The molecule has 4 heteroatoms. The van der Waals surface area contributed by atoms with Gasteiger partial charge in [-0.1, -0.05) is 0 Å². The van der Waals surface area contributed by atoms with E-state index in [2.05, 4.69) is 0 Å². The maximum atomic E-state index is 9.40. The van der Waals surface area contributed by atoms with E-state index in [-0.39, 0.29) is 63.7 Å². The number of carboxylic acid groups (broad SMARTS) is 1. The first kappa shape index (κ1) is 11.2. The minimum atomic E-state index is -1.09. The molecule has 0 unspecified atom stereocenters. The number of carbonyl (C=O) groups is 1. The molecular weight excluding hydrogens is 143 g/mol. The number of alkyl halides is 1. The van der Waals surface area contributed by atoms with Gasteiger partial charge in [0.1, 0.15) is 0 Å². The van der Waals surface area contributed by atoms with Crippen LogP contribution in [-0.2, 0) is 4.79 Å². The molecule has 0 heterocycles. The summed E-state index contributed by atoms with van der Waals surface area (Å²) in [4.78, 5) is 9.40. The molecule has 0 fully saturated rings. The molecule has 0 rings (SSSR count). The fourth-order valence-corrected chi connectivity index (χ4v) is 0.231. The zero-order valence-corrected chi connectivity index (χ0v) is 7.99. The quantitative estimate of drug-likeness (QED) is 0.298. The molecule has 2 nitrogen and oxygen atoms in total. The molecule has 0 bridgehead atoms. The molecule has 0 saturated heterocycles. The van der Waals surface area contributed by atoms with Gasteiger partial charge in [-0.3, -0.25) is 0 Å². The van der Waals surface area contributed by atoms with Crippen molar-refractivity contribution in [3.05, 3.63) is 0 Å². The molecular formula is C3H4ClKO2. The molecule has 0 N–H and O–H groups in total. The topological polar surface area (TPSA) is 40.1 Å². The van der Waals surface area contributed by atoms with E-state index in [1.165, 1.54) is 0 Å². The first-order valence-corrected chi connectivity index (χ1v) is 2.06. The van der Waals surface area contributed by atoms with E-state index < -0.39 is 5.97 Å². The van der Waals surface area contributed by atoms with Crippen molar-refractivity contribution in [1.82, 2.24) is 0 Å². The van der Waals surface area contributed by atoms with Crippen molar-refractivity contribution >= 4 is 17.6 Å². The number of hydrogen-bond acceptors (Lipinski definition) is 2. The van der Waals surface area contributed by atoms with E-state index in [0.29, 0.717) is 0 Å². The van der Waals surface area contributed by atoms with Crippen LogP contribution in [-0.4, -0.2) is 11.8 Å². The van der Waals surface area contributed by atoms with Gasteiger partial charge in [-0.2, -0.15) is 0 Å². The van der Waals surface area contributed by atoms with E-state index in [4.69, 9.17) is 11.6 Å². The predicted octanol–water partition coefficient (Wildman–Crippen LogP) is -3.63. The van der Waals surface area contributed by atoms with Crippen molar-refractivity contribution in [1.29, 1.82) is 0 Å². The summed E-state index contributed by atoms with van der Waals surface area (Å²) in [6.45, 7) is 0. The molecule has 0 radical (unpaired) electrons. The van der Waals surface area contributed by atoms with E-state index in [9.17, 15) is 9.90 Å². The molecule has 7 heavy (non-hydrogen) atoms. The molecule has 0 saturated carbocycles. The molecule has 0 amide bonds. The van der Waals surface area contributed by atoms with Gasteiger partial charge in [0.2, 0.25) is 0 Å². The van der Waals surface area contributed by atoms with Gasteiger partial charge in [-0.05, 0) is 0 Å². The van der Waals surface area contributed by atoms with Gasteiger partial charge in [-0.15, -0.1) is 11.6 Å². The van der Waals surface area contributed by atoms with Crippen LogP contribution >= 0.6 is 11.6 Å². The fraction of sp³-hybridized carbons (Fsp3) is 0.667. The van der Waals surface area contributed by atoms with E-state index in [0.717, 1.165) is 0 Å². The summed E-state index contributed by atoms with van der Waals surface area (Å²) >= 11 is 4.98. The van der Waals surface area contributed by atoms with Crippen molar-refractivity contribution in [2.24, 2.45) is 0 Å². The second-order valence-electron chi connectivity index (χ2n) is 0.811. The van der Waals surface area contributed by atoms with Crippen molar-refractivity contribution in [2.45, 2.75) is 6.42 Å². The van der Waals surface area contributed by atoms with Crippen LogP contribution in [0.5, 0.6) is 0 Å². The molecule has 0 aromatic heterocycles. The van der Waals surface area contributed by atoms with E-state index >= 15 is 0 Å². The SMILES string of the molecule is O=C([O-])CCCl.[K+]. The first-order chi connectivity index (χ1) is 2.77.